The molecule has 76 valence electrons. The van der Waals surface area contributed by atoms with Crippen molar-refractivity contribution in [2.24, 2.45) is 11.3 Å². The summed E-state index contributed by atoms with van der Waals surface area (Å²) in [5, 5.41) is 3.20. The maximum Gasteiger partial charge on any atom is 0.224 e. The minimum atomic E-state index is 0.493. The molecule has 3 N–H and O–H groups in total. The van der Waals surface area contributed by atoms with E-state index in [-0.39, 0.29) is 0 Å². The molecule has 4 heteroatoms. The van der Waals surface area contributed by atoms with E-state index in [0.29, 0.717) is 17.2 Å². The summed E-state index contributed by atoms with van der Waals surface area (Å²) in [5.41, 5.74) is 6.04. The first-order valence-electron chi connectivity index (χ1n) is 4.90. The first-order chi connectivity index (χ1) is 6.58. The lowest BCUT2D eigenvalue weighted by Gasteiger charge is -2.05. The number of anilines is 2. The van der Waals surface area contributed by atoms with Crippen molar-refractivity contribution >= 4 is 11.8 Å². The van der Waals surface area contributed by atoms with Crippen LogP contribution >= 0.6 is 0 Å². The van der Waals surface area contributed by atoms with Crippen molar-refractivity contribution in [2.45, 2.75) is 20.3 Å². The third-order valence-electron chi connectivity index (χ3n) is 2.90. The second kappa shape index (κ2) is 3.12. The number of aromatic nitrogens is 2. The normalized spacial score (nSPS) is 23.1. The van der Waals surface area contributed by atoms with Crippen molar-refractivity contribution in [1.29, 1.82) is 0 Å². The van der Waals surface area contributed by atoms with Gasteiger partial charge < -0.3 is 11.1 Å². The van der Waals surface area contributed by atoms with Crippen molar-refractivity contribution in [3.05, 3.63) is 12.3 Å². The molecule has 14 heavy (non-hydrogen) atoms. The zero-order chi connectivity index (χ0) is 10.2. The Morgan fingerprint density at radius 3 is 2.93 bits per heavy atom. The summed E-state index contributed by atoms with van der Waals surface area (Å²) in [7, 11) is 0. The predicted octanol–water partition coefficient (Wildman–Crippen LogP) is 1.52. The van der Waals surface area contributed by atoms with E-state index in [0.717, 1.165) is 12.5 Å². The SMILES string of the molecule is CC1(C)CC1CNc1nccc(N)n1. The van der Waals surface area contributed by atoms with Gasteiger partial charge >= 0.3 is 0 Å². The van der Waals surface area contributed by atoms with Crippen LogP contribution in [0.2, 0.25) is 0 Å². The molecule has 1 aliphatic rings. The maximum atomic E-state index is 5.54. The van der Waals surface area contributed by atoms with Gasteiger partial charge in [-0.05, 0) is 23.8 Å². The van der Waals surface area contributed by atoms with Crippen LogP contribution in [-0.2, 0) is 0 Å². The molecule has 1 saturated carbocycles. The van der Waals surface area contributed by atoms with Crippen LogP contribution in [0.4, 0.5) is 11.8 Å². The van der Waals surface area contributed by atoms with Crippen LogP contribution in [0.1, 0.15) is 20.3 Å². The van der Waals surface area contributed by atoms with Gasteiger partial charge in [0.2, 0.25) is 5.95 Å². The Morgan fingerprint density at radius 2 is 2.36 bits per heavy atom. The number of nitrogens with two attached hydrogens (primary N) is 1. The summed E-state index contributed by atoms with van der Waals surface area (Å²) in [6.45, 7) is 5.50. The summed E-state index contributed by atoms with van der Waals surface area (Å²) >= 11 is 0. The summed E-state index contributed by atoms with van der Waals surface area (Å²) in [6.07, 6.45) is 2.95. The summed E-state index contributed by atoms with van der Waals surface area (Å²) in [6, 6.07) is 1.69. The molecule has 0 amide bonds. The number of nitrogens with zero attached hydrogens (tertiary/aromatic N) is 2. The van der Waals surface area contributed by atoms with Gasteiger partial charge in [-0.25, -0.2) is 4.98 Å². The van der Waals surface area contributed by atoms with E-state index in [1.807, 2.05) is 0 Å². The van der Waals surface area contributed by atoms with E-state index in [1.165, 1.54) is 6.42 Å². The van der Waals surface area contributed by atoms with Gasteiger partial charge in [0.25, 0.3) is 0 Å². The standard InChI is InChI=1S/C10H16N4/c1-10(2)5-7(10)6-13-9-12-4-3-8(11)14-9/h3-4,7H,5-6H2,1-2H3,(H3,11,12,13,14). The van der Waals surface area contributed by atoms with Crippen LogP contribution in [0.15, 0.2) is 12.3 Å². The van der Waals surface area contributed by atoms with Crippen LogP contribution in [0.25, 0.3) is 0 Å². The molecule has 0 spiro atoms. The van der Waals surface area contributed by atoms with Crippen molar-refractivity contribution in [2.75, 3.05) is 17.6 Å². The zero-order valence-corrected chi connectivity index (χ0v) is 8.62. The van der Waals surface area contributed by atoms with Gasteiger partial charge in [0.1, 0.15) is 5.82 Å². The molecular weight excluding hydrogens is 176 g/mol. The first-order valence-corrected chi connectivity index (χ1v) is 4.90. The number of nitrogen functional groups attached to an aromatic ring is 1. The second-order valence-electron chi connectivity index (χ2n) is 4.58. The lowest BCUT2D eigenvalue weighted by atomic mass is 10.1. The van der Waals surface area contributed by atoms with Crippen molar-refractivity contribution in [1.82, 2.24) is 9.97 Å². The van der Waals surface area contributed by atoms with Crippen LogP contribution in [-0.4, -0.2) is 16.5 Å². The van der Waals surface area contributed by atoms with Gasteiger partial charge in [0.15, 0.2) is 0 Å². The zero-order valence-electron chi connectivity index (χ0n) is 8.62. The van der Waals surface area contributed by atoms with E-state index in [1.54, 1.807) is 12.3 Å². The third kappa shape index (κ3) is 1.95. The van der Waals surface area contributed by atoms with E-state index in [2.05, 4.69) is 29.1 Å². The molecule has 1 aromatic rings. The van der Waals surface area contributed by atoms with Gasteiger partial charge in [-0.3, -0.25) is 0 Å². The monoisotopic (exact) mass is 192 g/mol. The number of hydrogen-bond donors (Lipinski definition) is 2. The van der Waals surface area contributed by atoms with Gasteiger partial charge in [-0.15, -0.1) is 0 Å². The minimum Gasteiger partial charge on any atom is -0.384 e. The van der Waals surface area contributed by atoms with E-state index < -0.39 is 0 Å². The highest BCUT2D eigenvalue weighted by atomic mass is 15.1. The van der Waals surface area contributed by atoms with Crippen molar-refractivity contribution in [3.8, 4) is 0 Å². The molecule has 0 radical (unpaired) electrons. The first kappa shape index (κ1) is 9.24. The average molecular weight is 192 g/mol. The van der Waals surface area contributed by atoms with Gasteiger partial charge in [-0.2, -0.15) is 4.98 Å². The lowest BCUT2D eigenvalue weighted by Crippen LogP contribution is -2.10. The van der Waals surface area contributed by atoms with Crippen LogP contribution in [0.5, 0.6) is 0 Å². The Labute approximate surface area is 83.9 Å². The summed E-state index contributed by atoms with van der Waals surface area (Å²) < 4.78 is 0. The predicted molar refractivity (Wildman–Crippen MR) is 56.8 cm³/mol. The largest absolute Gasteiger partial charge is 0.384 e. The van der Waals surface area contributed by atoms with Crippen molar-refractivity contribution in [3.63, 3.8) is 0 Å². The maximum absolute atomic E-state index is 5.54. The molecule has 2 rings (SSSR count). The smallest absolute Gasteiger partial charge is 0.224 e. The molecule has 0 aromatic carbocycles. The second-order valence-corrected chi connectivity index (χ2v) is 4.58. The lowest BCUT2D eigenvalue weighted by molar-refractivity contribution is 0.572. The fourth-order valence-electron chi connectivity index (χ4n) is 1.60. The topological polar surface area (TPSA) is 63.8 Å². The Bertz CT molecular complexity index is 335. The highest BCUT2D eigenvalue weighted by molar-refractivity contribution is 5.35. The minimum absolute atomic E-state index is 0.493. The van der Waals surface area contributed by atoms with Gasteiger partial charge in [0, 0.05) is 12.7 Å². The average Bonchev–Trinajstić information content (AvgIpc) is 2.71. The molecule has 4 nitrogen and oxygen atoms in total. The molecule has 0 saturated heterocycles. The highest BCUT2D eigenvalue weighted by Gasteiger charge is 2.45. The Hall–Kier alpha value is -1.32. The summed E-state index contributed by atoms with van der Waals surface area (Å²) in [4.78, 5) is 8.16. The van der Waals surface area contributed by atoms with Gasteiger partial charge in [-0.1, -0.05) is 13.8 Å². The molecule has 1 unspecified atom stereocenters. The Balaban J connectivity index is 1.87. The van der Waals surface area contributed by atoms with E-state index in [4.69, 9.17) is 5.73 Å². The molecule has 0 bridgehead atoms. The Kier molecular flexibility index (Phi) is 2.06. The molecular formula is C10H16N4. The summed E-state index contributed by atoms with van der Waals surface area (Å²) in [5.74, 6) is 1.89. The molecule has 0 aliphatic heterocycles. The molecule has 1 aliphatic carbocycles. The molecule has 1 atom stereocenters. The van der Waals surface area contributed by atoms with E-state index >= 15 is 0 Å². The fourth-order valence-corrected chi connectivity index (χ4v) is 1.60. The number of hydrogen-bond acceptors (Lipinski definition) is 4. The van der Waals surface area contributed by atoms with Crippen LogP contribution in [0, 0.1) is 11.3 Å². The highest BCUT2D eigenvalue weighted by Crippen LogP contribution is 2.51. The van der Waals surface area contributed by atoms with Crippen LogP contribution in [0.3, 0.4) is 0 Å². The number of rotatable bonds is 3. The molecule has 1 aromatic heterocycles. The third-order valence-corrected chi connectivity index (χ3v) is 2.90. The van der Waals surface area contributed by atoms with E-state index in [9.17, 15) is 0 Å². The van der Waals surface area contributed by atoms with Gasteiger partial charge in [0.05, 0.1) is 0 Å². The molecule has 1 heterocycles. The Morgan fingerprint density at radius 1 is 1.64 bits per heavy atom. The number of nitrogens with one attached hydrogen (secondary N) is 1. The quantitative estimate of drug-likeness (QED) is 0.762. The van der Waals surface area contributed by atoms with Crippen molar-refractivity contribution < 1.29 is 0 Å². The fraction of sp³-hybridized carbons (Fsp3) is 0.600. The molecule has 1 fully saturated rings. The van der Waals surface area contributed by atoms with Crippen LogP contribution < -0.4 is 11.1 Å².